The van der Waals surface area contributed by atoms with E-state index in [2.05, 4.69) is 9.88 Å². The molecule has 2 aromatic rings. The second-order valence-corrected chi connectivity index (χ2v) is 8.03. The van der Waals surface area contributed by atoms with Crippen LogP contribution in [0.3, 0.4) is 0 Å². The molecule has 2 heterocycles. The summed E-state index contributed by atoms with van der Waals surface area (Å²) in [6, 6.07) is 6.58. The molecule has 0 spiro atoms. The van der Waals surface area contributed by atoms with Crippen molar-refractivity contribution in [2.45, 2.75) is 32.1 Å². The van der Waals surface area contributed by atoms with E-state index in [0.717, 1.165) is 25.9 Å². The maximum Gasteiger partial charge on any atom is 0.284 e. The number of aromatic nitrogens is 1. The number of H-pyrrole nitrogens is 1. The first kappa shape index (κ1) is 21.3. The van der Waals surface area contributed by atoms with Gasteiger partial charge in [0, 0.05) is 46.9 Å². The molecule has 0 radical (unpaired) electrons. The lowest BCUT2D eigenvalue weighted by molar-refractivity contribution is -0.0910. The minimum absolute atomic E-state index is 0.338. The van der Waals surface area contributed by atoms with Crippen molar-refractivity contribution in [3.05, 3.63) is 56.0 Å². The van der Waals surface area contributed by atoms with E-state index in [1.807, 2.05) is 0 Å². The Morgan fingerprint density at radius 3 is 2.50 bits per heavy atom. The van der Waals surface area contributed by atoms with Crippen LogP contribution < -0.4 is 5.56 Å². The Morgan fingerprint density at radius 1 is 1.25 bits per heavy atom. The molecule has 1 aliphatic rings. The zero-order chi connectivity index (χ0) is 20.3. The largest absolute Gasteiger partial charge is 0.368 e. The fourth-order valence-electron chi connectivity index (χ4n) is 3.58. The molecule has 3 rings (SSSR count). The number of aliphatic hydroxyl groups is 1. The summed E-state index contributed by atoms with van der Waals surface area (Å²) >= 11 is 12.1. The summed E-state index contributed by atoms with van der Waals surface area (Å²) in [6.45, 7) is 1.88. The third-order valence-electron chi connectivity index (χ3n) is 5.13. The van der Waals surface area contributed by atoms with Crippen LogP contribution in [0.1, 0.15) is 24.8 Å². The minimum Gasteiger partial charge on any atom is -0.368 e. The molecular weight excluding hydrogens is 406 g/mol. The van der Waals surface area contributed by atoms with Gasteiger partial charge in [-0.25, -0.2) is 4.39 Å². The summed E-state index contributed by atoms with van der Waals surface area (Å²) in [4.78, 5) is 16.8. The second kappa shape index (κ2) is 9.37. The molecule has 1 unspecified atom stereocenters. The van der Waals surface area contributed by atoms with Gasteiger partial charge >= 0.3 is 0 Å². The molecule has 0 amide bonds. The van der Waals surface area contributed by atoms with Crippen LogP contribution in [0, 0.1) is 11.7 Å². The monoisotopic (exact) mass is 428 g/mol. The fraction of sp³-hybridized carbons (Fsp3) is 0.450. The molecule has 1 saturated heterocycles. The fourth-order valence-corrected chi connectivity index (χ4v) is 4.11. The molecule has 8 heteroatoms. The first-order valence-electron chi connectivity index (χ1n) is 9.17. The Kier molecular flexibility index (Phi) is 7.12. The average Bonchev–Trinajstić information content (AvgIpc) is 2.65. The van der Waals surface area contributed by atoms with Gasteiger partial charge < -0.3 is 14.8 Å². The predicted octanol–water partition coefficient (Wildman–Crippen LogP) is 4.05. The van der Waals surface area contributed by atoms with E-state index < -0.39 is 17.7 Å². The number of methoxy groups -OCH3 is 1. The van der Waals surface area contributed by atoms with Crippen molar-refractivity contribution in [3.8, 4) is 11.3 Å². The van der Waals surface area contributed by atoms with Gasteiger partial charge in [0.15, 0.2) is 12.1 Å². The minimum atomic E-state index is -0.770. The second-order valence-electron chi connectivity index (χ2n) is 7.16. The Labute approximate surface area is 173 Å². The highest BCUT2D eigenvalue weighted by molar-refractivity contribution is 6.35. The van der Waals surface area contributed by atoms with Gasteiger partial charge in [0.1, 0.15) is 0 Å². The number of nitrogens with one attached hydrogen (secondary N) is 1. The number of nitrogens with zero attached hydrogens (tertiary/aromatic N) is 1. The van der Waals surface area contributed by atoms with Gasteiger partial charge in [-0.3, -0.25) is 9.69 Å². The normalized spacial score (nSPS) is 17.0. The quantitative estimate of drug-likeness (QED) is 0.680. The van der Waals surface area contributed by atoms with Crippen molar-refractivity contribution < 1.29 is 14.2 Å². The summed E-state index contributed by atoms with van der Waals surface area (Å²) in [5.74, 6) is -0.395. The molecule has 0 bridgehead atoms. The number of piperidine rings is 1. The maximum atomic E-state index is 14.4. The van der Waals surface area contributed by atoms with Crippen LogP contribution in [0.15, 0.2) is 29.1 Å². The summed E-state index contributed by atoms with van der Waals surface area (Å²) in [5, 5.41) is 10.5. The molecule has 1 aliphatic heterocycles. The van der Waals surface area contributed by atoms with Crippen LogP contribution in [0.25, 0.3) is 11.3 Å². The van der Waals surface area contributed by atoms with Crippen LogP contribution in [0.5, 0.6) is 0 Å². The van der Waals surface area contributed by atoms with Crippen LogP contribution in [-0.2, 0) is 11.3 Å². The standard InChI is InChI=1S/C20H23Cl2FN2O3/c1-28-18(26)6-12-2-4-25(5-3-12)11-14-9-17(24-20(27)19(14)23)13-7-15(21)10-16(22)8-13/h7-10,12,18,26H,2-6,11H2,1H3,(H,24,27). The van der Waals surface area contributed by atoms with E-state index in [0.29, 0.717) is 45.7 Å². The Morgan fingerprint density at radius 2 is 1.89 bits per heavy atom. The van der Waals surface area contributed by atoms with Gasteiger partial charge in [-0.2, -0.15) is 0 Å². The number of benzene rings is 1. The van der Waals surface area contributed by atoms with Gasteiger partial charge in [0.25, 0.3) is 5.56 Å². The predicted molar refractivity (Wildman–Crippen MR) is 108 cm³/mol. The van der Waals surface area contributed by atoms with Crippen molar-refractivity contribution in [3.63, 3.8) is 0 Å². The number of aliphatic hydroxyl groups excluding tert-OH is 1. The lowest BCUT2D eigenvalue weighted by Gasteiger charge is -2.32. The molecule has 0 saturated carbocycles. The number of rotatable bonds is 6. The van der Waals surface area contributed by atoms with E-state index in [4.69, 9.17) is 27.9 Å². The first-order chi connectivity index (χ1) is 13.4. The molecule has 28 heavy (non-hydrogen) atoms. The van der Waals surface area contributed by atoms with E-state index >= 15 is 0 Å². The lowest BCUT2D eigenvalue weighted by atomic mass is 9.93. The topological polar surface area (TPSA) is 65.6 Å². The molecule has 1 aromatic heterocycles. The van der Waals surface area contributed by atoms with Crippen LogP contribution in [-0.4, -0.2) is 41.5 Å². The molecule has 1 aromatic carbocycles. The number of aromatic amines is 1. The van der Waals surface area contributed by atoms with E-state index in [-0.39, 0.29) is 0 Å². The van der Waals surface area contributed by atoms with Crippen LogP contribution in [0.4, 0.5) is 4.39 Å². The van der Waals surface area contributed by atoms with Crippen molar-refractivity contribution in [2.75, 3.05) is 20.2 Å². The lowest BCUT2D eigenvalue weighted by Crippen LogP contribution is -2.35. The summed E-state index contributed by atoms with van der Waals surface area (Å²) in [7, 11) is 1.49. The highest BCUT2D eigenvalue weighted by Crippen LogP contribution is 2.28. The van der Waals surface area contributed by atoms with Gasteiger partial charge in [0.2, 0.25) is 0 Å². The molecule has 5 nitrogen and oxygen atoms in total. The molecule has 0 aliphatic carbocycles. The van der Waals surface area contributed by atoms with Gasteiger partial charge in [-0.15, -0.1) is 0 Å². The number of hydrogen-bond donors (Lipinski definition) is 2. The third-order valence-corrected chi connectivity index (χ3v) is 5.57. The van der Waals surface area contributed by atoms with Gasteiger partial charge in [0.05, 0.1) is 0 Å². The molecule has 1 fully saturated rings. The number of likely N-dealkylation sites (tertiary alicyclic amines) is 1. The average molecular weight is 429 g/mol. The number of ether oxygens (including phenoxy) is 1. The maximum absolute atomic E-state index is 14.4. The summed E-state index contributed by atoms with van der Waals surface area (Å²) < 4.78 is 19.3. The SMILES string of the molecule is COC(O)CC1CCN(Cc2cc(-c3cc(Cl)cc(Cl)c3)[nH]c(=O)c2F)CC1. The Bertz CT molecular complexity index is 862. The number of hydrogen-bond acceptors (Lipinski definition) is 4. The number of pyridine rings is 1. The van der Waals surface area contributed by atoms with Crippen molar-refractivity contribution >= 4 is 23.2 Å². The molecule has 2 N–H and O–H groups in total. The molecular formula is C20H23Cl2FN2O3. The first-order valence-corrected chi connectivity index (χ1v) is 9.92. The summed E-state index contributed by atoms with van der Waals surface area (Å²) in [6.07, 6.45) is 1.64. The van der Waals surface area contributed by atoms with Crippen LogP contribution in [0.2, 0.25) is 10.0 Å². The zero-order valence-electron chi connectivity index (χ0n) is 15.6. The summed E-state index contributed by atoms with van der Waals surface area (Å²) in [5.41, 5.74) is 0.680. The van der Waals surface area contributed by atoms with E-state index in [9.17, 15) is 14.3 Å². The van der Waals surface area contributed by atoms with Crippen molar-refractivity contribution in [1.82, 2.24) is 9.88 Å². The Balaban J connectivity index is 1.74. The Hall–Kier alpha value is -1.44. The van der Waals surface area contributed by atoms with Crippen LogP contribution >= 0.6 is 23.2 Å². The van der Waals surface area contributed by atoms with Gasteiger partial charge in [-0.05, 0) is 56.1 Å². The smallest absolute Gasteiger partial charge is 0.284 e. The van der Waals surface area contributed by atoms with Gasteiger partial charge in [-0.1, -0.05) is 23.2 Å². The highest BCUT2D eigenvalue weighted by atomic mass is 35.5. The molecule has 152 valence electrons. The van der Waals surface area contributed by atoms with Crippen molar-refractivity contribution in [2.24, 2.45) is 5.92 Å². The van der Waals surface area contributed by atoms with E-state index in [1.165, 1.54) is 7.11 Å². The third kappa shape index (κ3) is 5.33. The van der Waals surface area contributed by atoms with E-state index in [1.54, 1.807) is 24.3 Å². The highest BCUT2D eigenvalue weighted by Gasteiger charge is 2.23. The van der Waals surface area contributed by atoms with Crippen molar-refractivity contribution in [1.29, 1.82) is 0 Å². The zero-order valence-corrected chi connectivity index (χ0v) is 17.1. The molecule has 1 atom stereocenters. The number of halogens is 3.